The van der Waals surface area contributed by atoms with Gasteiger partial charge < -0.3 is 10.1 Å². The average Bonchev–Trinajstić information content (AvgIpc) is 2.90. The fourth-order valence-electron chi connectivity index (χ4n) is 1.64. The van der Waals surface area contributed by atoms with Crippen LogP contribution in [0.4, 0.5) is 5.69 Å². The predicted molar refractivity (Wildman–Crippen MR) is 78.2 cm³/mol. The average molecular weight is 337 g/mol. The highest BCUT2D eigenvalue weighted by atomic mass is 35.5. The van der Waals surface area contributed by atoms with Gasteiger partial charge in [0.15, 0.2) is 6.61 Å². The SMILES string of the molecule is CC1(C(=O)OCC(=O)Nc2ccc(Cl)cc2)CC1(Cl)Cl. The van der Waals surface area contributed by atoms with Crippen LogP contribution in [-0.4, -0.2) is 22.8 Å². The number of amides is 1. The zero-order valence-corrected chi connectivity index (χ0v) is 12.9. The molecule has 1 atom stereocenters. The van der Waals surface area contributed by atoms with Gasteiger partial charge in [0.25, 0.3) is 5.91 Å². The first-order chi connectivity index (χ1) is 9.24. The monoisotopic (exact) mass is 335 g/mol. The molecule has 20 heavy (non-hydrogen) atoms. The van der Waals surface area contributed by atoms with E-state index in [1.54, 1.807) is 31.2 Å². The van der Waals surface area contributed by atoms with E-state index in [2.05, 4.69) is 5.32 Å². The molecule has 1 aromatic carbocycles. The fraction of sp³-hybridized carbons (Fsp3) is 0.385. The zero-order valence-electron chi connectivity index (χ0n) is 10.6. The standard InChI is InChI=1S/C13H12Cl3NO3/c1-12(7-13(12,15)16)11(19)20-6-10(18)17-9-4-2-8(14)3-5-9/h2-5H,6-7H2,1H3,(H,17,18). The number of esters is 1. The minimum absolute atomic E-state index is 0.320. The summed E-state index contributed by atoms with van der Waals surface area (Å²) in [5, 5.41) is 3.14. The van der Waals surface area contributed by atoms with Gasteiger partial charge in [0.2, 0.25) is 0 Å². The van der Waals surface area contributed by atoms with Gasteiger partial charge in [0, 0.05) is 17.1 Å². The highest BCUT2D eigenvalue weighted by molar-refractivity contribution is 6.53. The molecule has 0 heterocycles. The molecule has 7 heteroatoms. The number of hydrogen-bond donors (Lipinski definition) is 1. The second-order valence-corrected chi connectivity index (χ2v) is 6.76. The van der Waals surface area contributed by atoms with Crippen molar-refractivity contribution in [3.63, 3.8) is 0 Å². The first-order valence-corrected chi connectivity index (χ1v) is 6.98. The van der Waals surface area contributed by atoms with E-state index in [0.29, 0.717) is 17.1 Å². The van der Waals surface area contributed by atoms with Crippen LogP contribution in [0.15, 0.2) is 24.3 Å². The van der Waals surface area contributed by atoms with Crippen molar-refractivity contribution in [2.75, 3.05) is 11.9 Å². The summed E-state index contributed by atoms with van der Waals surface area (Å²) in [6.07, 6.45) is 0.320. The summed E-state index contributed by atoms with van der Waals surface area (Å²) in [4.78, 5) is 23.4. The quantitative estimate of drug-likeness (QED) is 0.677. The lowest BCUT2D eigenvalue weighted by Gasteiger charge is -2.11. The number of ether oxygens (including phenoxy) is 1. The van der Waals surface area contributed by atoms with Crippen molar-refractivity contribution < 1.29 is 14.3 Å². The maximum atomic E-state index is 11.8. The molecule has 2 rings (SSSR count). The Morgan fingerprint density at radius 1 is 1.30 bits per heavy atom. The topological polar surface area (TPSA) is 55.4 Å². The van der Waals surface area contributed by atoms with Gasteiger partial charge in [0.05, 0.1) is 0 Å². The van der Waals surface area contributed by atoms with Crippen LogP contribution in [0.5, 0.6) is 0 Å². The molecule has 1 saturated carbocycles. The molecule has 0 aromatic heterocycles. The Morgan fingerprint density at radius 3 is 2.35 bits per heavy atom. The van der Waals surface area contributed by atoms with E-state index in [1.165, 1.54) is 0 Å². The van der Waals surface area contributed by atoms with E-state index in [1.807, 2.05) is 0 Å². The lowest BCUT2D eigenvalue weighted by molar-refractivity contribution is -0.152. The zero-order chi connectivity index (χ0) is 15.0. The summed E-state index contributed by atoms with van der Waals surface area (Å²) in [5.74, 6) is -1.02. The molecule has 0 aliphatic heterocycles. The van der Waals surface area contributed by atoms with E-state index < -0.39 is 21.6 Å². The van der Waals surface area contributed by atoms with Crippen molar-refractivity contribution in [3.8, 4) is 0 Å². The Kier molecular flexibility index (Phi) is 4.19. The van der Waals surface area contributed by atoms with Gasteiger partial charge in [-0.05, 0) is 31.2 Å². The van der Waals surface area contributed by atoms with Gasteiger partial charge >= 0.3 is 5.97 Å². The van der Waals surface area contributed by atoms with Gasteiger partial charge in [-0.2, -0.15) is 0 Å². The summed E-state index contributed by atoms with van der Waals surface area (Å²) < 4.78 is 3.82. The third-order valence-electron chi connectivity index (χ3n) is 3.17. The molecular formula is C13H12Cl3NO3. The molecule has 0 radical (unpaired) electrons. The number of benzene rings is 1. The molecule has 0 bridgehead atoms. The molecule has 1 fully saturated rings. The smallest absolute Gasteiger partial charge is 0.315 e. The number of carbonyl (C=O) groups excluding carboxylic acids is 2. The molecule has 1 unspecified atom stereocenters. The van der Waals surface area contributed by atoms with E-state index in [4.69, 9.17) is 39.5 Å². The molecule has 1 aliphatic rings. The van der Waals surface area contributed by atoms with Crippen LogP contribution >= 0.6 is 34.8 Å². The Labute approximate surface area is 131 Å². The minimum atomic E-state index is -1.10. The third kappa shape index (κ3) is 3.19. The van der Waals surface area contributed by atoms with Crippen LogP contribution in [0.3, 0.4) is 0 Å². The molecule has 108 valence electrons. The molecule has 1 aliphatic carbocycles. The summed E-state index contributed by atoms with van der Waals surface area (Å²) in [5.41, 5.74) is -0.367. The van der Waals surface area contributed by atoms with Crippen LogP contribution in [0, 0.1) is 5.41 Å². The molecule has 1 aromatic rings. The van der Waals surface area contributed by atoms with Gasteiger partial charge in [-0.25, -0.2) is 0 Å². The number of alkyl halides is 2. The Hall–Kier alpha value is -0.970. The predicted octanol–water partition coefficient (Wildman–Crippen LogP) is 3.41. The molecule has 4 nitrogen and oxygen atoms in total. The van der Waals surface area contributed by atoms with E-state index in [-0.39, 0.29) is 6.61 Å². The molecule has 0 saturated heterocycles. The second kappa shape index (κ2) is 5.43. The van der Waals surface area contributed by atoms with Crippen molar-refractivity contribution in [1.29, 1.82) is 0 Å². The number of hydrogen-bond acceptors (Lipinski definition) is 3. The number of anilines is 1. The lowest BCUT2D eigenvalue weighted by Crippen LogP contribution is -2.26. The molecular weight excluding hydrogens is 325 g/mol. The largest absolute Gasteiger partial charge is 0.455 e. The minimum Gasteiger partial charge on any atom is -0.455 e. The van der Waals surface area contributed by atoms with Crippen LogP contribution in [-0.2, 0) is 14.3 Å². The molecule has 1 amide bonds. The van der Waals surface area contributed by atoms with E-state index >= 15 is 0 Å². The Bertz CT molecular complexity index is 544. The highest BCUT2D eigenvalue weighted by Crippen LogP contribution is 2.64. The lowest BCUT2D eigenvalue weighted by atomic mass is 10.1. The maximum Gasteiger partial charge on any atom is 0.315 e. The molecule has 0 spiro atoms. The van der Waals surface area contributed by atoms with Crippen molar-refractivity contribution in [2.24, 2.45) is 5.41 Å². The van der Waals surface area contributed by atoms with Crippen molar-refractivity contribution in [1.82, 2.24) is 0 Å². The van der Waals surface area contributed by atoms with Crippen molar-refractivity contribution in [3.05, 3.63) is 29.3 Å². The molecule has 1 N–H and O–H groups in total. The number of halogens is 3. The van der Waals surface area contributed by atoms with Crippen molar-refractivity contribution in [2.45, 2.75) is 17.7 Å². The van der Waals surface area contributed by atoms with Gasteiger partial charge in [0.1, 0.15) is 9.75 Å². The maximum absolute atomic E-state index is 11.8. The Balaban J connectivity index is 1.81. The normalized spacial score (nSPS) is 23.0. The summed E-state index contributed by atoms with van der Waals surface area (Å²) in [7, 11) is 0. The van der Waals surface area contributed by atoms with Gasteiger partial charge in [-0.3, -0.25) is 9.59 Å². The summed E-state index contributed by atoms with van der Waals surface area (Å²) >= 11 is 17.4. The van der Waals surface area contributed by atoms with Crippen LogP contribution < -0.4 is 5.32 Å². The summed E-state index contributed by atoms with van der Waals surface area (Å²) in [6, 6.07) is 6.58. The first kappa shape index (κ1) is 15.4. The van der Waals surface area contributed by atoms with Gasteiger partial charge in [-0.1, -0.05) is 11.6 Å². The first-order valence-electron chi connectivity index (χ1n) is 5.85. The van der Waals surface area contributed by atoms with Crippen molar-refractivity contribution >= 4 is 52.4 Å². The second-order valence-electron chi connectivity index (χ2n) is 4.84. The van der Waals surface area contributed by atoms with Crippen LogP contribution in [0.1, 0.15) is 13.3 Å². The number of rotatable bonds is 4. The van der Waals surface area contributed by atoms with E-state index in [0.717, 1.165) is 0 Å². The third-order valence-corrected chi connectivity index (χ3v) is 4.52. The Morgan fingerprint density at radius 2 is 1.85 bits per heavy atom. The summed E-state index contributed by atoms with van der Waals surface area (Å²) in [6.45, 7) is 1.22. The van der Waals surface area contributed by atoms with Gasteiger partial charge in [-0.15, -0.1) is 23.2 Å². The van der Waals surface area contributed by atoms with Crippen LogP contribution in [0.25, 0.3) is 0 Å². The fourth-order valence-corrected chi connectivity index (χ4v) is 2.46. The highest BCUT2D eigenvalue weighted by Gasteiger charge is 2.69. The number of carbonyl (C=O) groups is 2. The number of nitrogens with one attached hydrogen (secondary N) is 1. The van der Waals surface area contributed by atoms with Crippen LogP contribution in [0.2, 0.25) is 5.02 Å². The van der Waals surface area contributed by atoms with E-state index in [9.17, 15) is 9.59 Å².